The van der Waals surface area contributed by atoms with E-state index < -0.39 is 10.2 Å². The van der Waals surface area contributed by atoms with Crippen molar-refractivity contribution < 1.29 is 17.6 Å². The molecule has 1 aromatic carbocycles. The number of anilines is 1. The summed E-state index contributed by atoms with van der Waals surface area (Å²) in [5, 5.41) is 1.04. The standard InChI is InChI=1S/C24H28N4O4S/c1-16(2)13-19-7-6-8-20-17(3)21(32-24(19)20)15-28(5)23(29)12-10-18-9-11-22(26-14-18)27-33(30,31)25-4/h6-14,25H,15H2,1-5H3,(H,26,27)/b12-10+. The summed E-state index contributed by atoms with van der Waals surface area (Å²) in [6, 6.07) is 9.23. The van der Waals surface area contributed by atoms with Gasteiger partial charge in [-0.15, -0.1) is 0 Å². The van der Waals surface area contributed by atoms with Crippen LogP contribution < -0.4 is 9.44 Å². The number of nitrogens with one attached hydrogen (secondary N) is 2. The van der Waals surface area contributed by atoms with E-state index in [4.69, 9.17) is 4.42 Å². The van der Waals surface area contributed by atoms with Gasteiger partial charge in [0.15, 0.2) is 0 Å². The molecule has 3 aromatic rings. The number of aryl methyl sites for hydroxylation is 1. The van der Waals surface area contributed by atoms with Gasteiger partial charge in [-0.2, -0.15) is 8.42 Å². The molecule has 0 aliphatic rings. The Kier molecular flexibility index (Phi) is 7.35. The summed E-state index contributed by atoms with van der Waals surface area (Å²) in [5.41, 5.74) is 4.70. The van der Waals surface area contributed by atoms with E-state index in [-0.39, 0.29) is 11.7 Å². The molecule has 0 saturated carbocycles. The Bertz CT molecular complexity index is 1320. The van der Waals surface area contributed by atoms with E-state index in [2.05, 4.69) is 20.5 Å². The molecule has 0 bridgehead atoms. The molecule has 0 fully saturated rings. The van der Waals surface area contributed by atoms with E-state index >= 15 is 0 Å². The van der Waals surface area contributed by atoms with Crippen LogP contribution in [0.3, 0.4) is 0 Å². The molecule has 0 radical (unpaired) electrons. The molecule has 174 valence electrons. The zero-order chi connectivity index (χ0) is 24.2. The average molecular weight is 469 g/mol. The molecule has 0 unspecified atom stereocenters. The second kappa shape index (κ2) is 10.0. The Hall–Kier alpha value is -3.43. The molecule has 0 saturated heterocycles. The lowest BCUT2D eigenvalue weighted by molar-refractivity contribution is -0.125. The molecule has 33 heavy (non-hydrogen) atoms. The number of rotatable bonds is 8. The van der Waals surface area contributed by atoms with Crippen LogP contribution >= 0.6 is 0 Å². The van der Waals surface area contributed by atoms with E-state index in [1.807, 2.05) is 39.0 Å². The van der Waals surface area contributed by atoms with Gasteiger partial charge >= 0.3 is 0 Å². The number of para-hydroxylation sites is 1. The second-order valence-corrected chi connectivity index (χ2v) is 9.53. The van der Waals surface area contributed by atoms with Crippen molar-refractivity contribution in [3.63, 3.8) is 0 Å². The first kappa shape index (κ1) is 24.2. The smallest absolute Gasteiger partial charge is 0.300 e. The van der Waals surface area contributed by atoms with E-state index in [0.717, 1.165) is 27.9 Å². The van der Waals surface area contributed by atoms with E-state index in [1.54, 1.807) is 24.1 Å². The Labute approximate surface area is 194 Å². The van der Waals surface area contributed by atoms with Crippen LogP contribution in [0, 0.1) is 6.92 Å². The van der Waals surface area contributed by atoms with Crippen molar-refractivity contribution in [2.24, 2.45) is 0 Å². The lowest BCUT2D eigenvalue weighted by atomic mass is 10.1. The predicted molar refractivity (Wildman–Crippen MR) is 132 cm³/mol. The number of hydrogen-bond acceptors (Lipinski definition) is 5. The van der Waals surface area contributed by atoms with Gasteiger partial charge in [0, 0.05) is 42.9 Å². The third-order valence-corrected chi connectivity index (χ3v) is 6.02. The zero-order valence-electron chi connectivity index (χ0n) is 19.3. The first-order valence-electron chi connectivity index (χ1n) is 10.4. The number of pyridine rings is 1. The Morgan fingerprint density at radius 2 is 1.97 bits per heavy atom. The van der Waals surface area contributed by atoms with Crippen molar-refractivity contribution in [2.75, 3.05) is 18.8 Å². The minimum atomic E-state index is -3.63. The Morgan fingerprint density at radius 3 is 2.61 bits per heavy atom. The van der Waals surface area contributed by atoms with Gasteiger partial charge < -0.3 is 9.32 Å². The molecule has 0 aliphatic heterocycles. The van der Waals surface area contributed by atoms with Crippen LogP contribution in [-0.4, -0.2) is 38.3 Å². The SMILES string of the molecule is CNS(=O)(=O)Nc1ccc(/C=C/C(=O)N(C)Cc2oc3c(C=C(C)C)cccc3c2C)cn1. The summed E-state index contributed by atoms with van der Waals surface area (Å²) in [7, 11) is -0.613. The topological polar surface area (TPSA) is 105 Å². The molecule has 0 atom stereocenters. The second-order valence-electron chi connectivity index (χ2n) is 7.91. The van der Waals surface area contributed by atoms with Crippen LogP contribution in [0.4, 0.5) is 5.82 Å². The number of benzene rings is 1. The van der Waals surface area contributed by atoms with Gasteiger partial charge in [0.1, 0.15) is 17.2 Å². The maximum Gasteiger partial charge on any atom is 0.300 e. The highest BCUT2D eigenvalue weighted by atomic mass is 32.2. The third-order valence-electron chi connectivity index (χ3n) is 5.01. The summed E-state index contributed by atoms with van der Waals surface area (Å²) >= 11 is 0. The molecule has 0 aliphatic carbocycles. The minimum Gasteiger partial charge on any atom is -0.458 e. The van der Waals surface area contributed by atoms with E-state index in [9.17, 15) is 13.2 Å². The van der Waals surface area contributed by atoms with Crippen molar-refractivity contribution in [2.45, 2.75) is 27.3 Å². The fraction of sp³-hybridized carbons (Fsp3) is 0.250. The summed E-state index contributed by atoms with van der Waals surface area (Å²) in [6.45, 7) is 6.41. The summed E-state index contributed by atoms with van der Waals surface area (Å²) in [5.74, 6) is 0.726. The normalized spacial score (nSPS) is 11.7. The first-order chi connectivity index (χ1) is 15.6. The molecular weight excluding hydrogens is 440 g/mol. The van der Waals surface area contributed by atoms with Crippen molar-refractivity contribution in [1.82, 2.24) is 14.6 Å². The van der Waals surface area contributed by atoms with Crippen molar-refractivity contribution in [3.05, 3.63) is 70.6 Å². The number of allylic oxidation sites excluding steroid dienone is 1. The molecule has 0 spiro atoms. The maximum atomic E-state index is 12.6. The molecule has 2 N–H and O–H groups in total. The van der Waals surface area contributed by atoms with Gasteiger partial charge in [0.2, 0.25) is 5.91 Å². The maximum absolute atomic E-state index is 12.6. The van der Waals surface area contributed by atoms with Crippen LogP contribution in [0.15, 0.2) is 52.6 Å². The number of hydrogen-bond donors (Lipinski definition) is 2. The van der Waals surface area contributed by atoms with Gasteiger partial charge in [-0.1, -0.05) is 29.8 Å². The first-order valence-corrected chi connectivity index (χ1v) is 11.8. The number of aromatic nitrogens is 1. The number of furan rings is 1. The number of fused-ring (bicyclic) bond motifs is 1. The zero-order valence-corrected chi connectivity index (χ0v) is 20.2. The van der Waals surface area contributed by atoms with Gasteiger partial charge in [0.25, 0.3) is 10.2 Å². The molecule has 8 nitrogen and oxygen atoms in total. The fourth-order valence-corrected chi connectivity index (χ4v) is 3.73. The van der Waals surface area contributed by atoms with Crippen LogP contribution in [0.2, 0.25) is 0 Å². The minimum absolute atomic E-state index is 0.179. The number of carbonyl (C=O) groups is 1. The fourth-order valence-electron chi connectivity index (χ4n) is 3.23. The summed E-state index contributed by atoms with van der Waals surface area (Å²) in [4.78, 5) is 18.2. The van der Waals surface area contributed by atoms with Gasteiger partial charge in [0.05, 0.1) is 6.54 Å². The predicted octanol–water partition coefficient (Wildman–Crippen LogP) is 4.11. The van der Waals surface area contributed by atoms with E-state index in [0.29, 0.717) is 12.1 Å². The highest BCUT2D eigenvalue weighted by Crippen LogP contribution is 2.30. The number of nitrogens with zero attached hydrogens (tertiary/aromatic N) is 2. The van der Waals surface area contributed by atoms with Crippen LogP contribution in [0.5, 0.6) is 0 Å². The lowest BCUT2D eigenvalue weighted by Gasteiger charge is -2.13. The summed E-state index contributed by atoms with van der Waals surface area (Å²) < 4.78 is 33.6. The van der Waals surface area contributed by atoms with Crippen LogP contribution in [0.25, 0.3) is 23.1 Å². The molecule has 9 heteroatoms. The molecular formula is C24H28N4O4S. The molecule has 2 aromatic heterocycles. The highest BCUT2D eigenvalue weighted by molar-refractivity contribution is 7.90. The summed E-state index contributed by atoms with van der Waals surface area (Å²) in [6.07, 6.45) is 6.63. The largest absolute Gasteiger partial charge is 0.458 e. The quantitative estimate of drug-likeness (QED) is 0.484. The molecule has 2 heterocycles. The van der Waals surface area contributed by atoms with Gasteiger partial charge in [-0.3, -0.25) is 9.52 Å². The number of carbonyl (C=O) groups excluding carboxylic acids is 1. The van der Waals surface area contributed by atoms with Gasteiger partial charge in [-0.25, -0.2) is 9.71 Å². The van der Waals surface area contributed by atoms with Crippen LogP contribution in [-0.2, 0) is 21.5 Å². The van der Waals surface area contributed by atoms with Crippen LogP contribution in [0.1, 0.15) is 36.3 Å². The number of likely N-dealkylation sites (N-methyl/N-ethyl adjacent to an activating group) is 1. The van der Waals surface area contributed by atoms with Crippen molar-refractivity contribution >= 4 is 45.1 Å². The van der Waals surface area contributed by atoms with Crippen molar-refractivity contribution in [1.29, 1.82) is 0 Å². The highest BCUT2D eigenvalue weighted by Gasteiger charge is 2.16. The van der Waals surface area contributed by atoms with Gasteiger partial charge in [-0.05, 0) is 44.5 Å². The average Bonchev–Trinajstić information content (AvgIpc) is 3.09. The lowest BCUT2D eigenvalue weighted by Crippen LogP contribution is -2.26. The Morgan fingerprint density at radius 1 is 1.21 bits per heavy atom. The monoisotopic (exact) mass is 468 g/mol. The molecule has 1 amide bonds. The van der Waals surface area contributed by atoms with Crippen molar-refractivity contribution in [3.8, 4) is 0 Å². The molecule has 3 rings (SSSR count). The van der Waals surface area contributed by atoms with E-state index in [1.165, 1.54) is 31.0 Å². The third kappa shape index (κ3) is 6.09. The number of amides is 1. The Balaban J connectivity index is 1.71.